The lowest BCUT2D eigenvalue weighted by Crippen LogP contribution is -2.14. The second-order valence-electron chi connectivity index (χ2n) is 6.57. The van der Waals surface area contributed by atoms with Crippen LogP contribution in [0.5, 0.6) is 0 Å². The standard InChI is InChI=1S/C20H27BrN2O/c1-5-6-7-8-17-19(15-9-11-16(21)12-10-15)18(20(22)24)14(4)23(17)13(2)3/h9-13H,5-8H2,1-4H3,(H2,22,24). The van der Waals surface area contributed by atoms with Crippen molar-refractivity contribution in [3.05, 3.63) is 45.7 Å². The molecule has 2 aromatic rings. The molecule has 0 spiro atoms. The zero-order chi connectivity index (χ0) is 17.9. The second-order valence-corrected chi connectivity index (χ2v) is 7.49. The molecule has 0 radical (unpaired) electrons. The van der Waals surface area contributed by atoms with Gasteiger partial charge in [-0.2, -0.15) is 0 Å². The lowest BCUT2D eigenvalue weighted by Gasteiger charge is -2.17. The molecule has 4 heteroatoms. The first kappa shape index (κ1) is 18.8. The topological polar surface area (TPSA) is 48.0 Å². The summed E-state index contributed by atoms with van der Waals surface area (Å²) >= 11 is 3.48. The number of halogens is 1. The van der Waals surface area contributed by atoms with Gasteiger partial charge in [0.25, 0.3) is 5.91 Å². The monoisotopic (exact) mass is 390 g/mol. The van der Waals surface area contributed by atoms with E-state index in [2.05, 4.69) is 53.4 Å². The van der Waals surface area contributed by atoms with Gasteiger partial charge in [0.1, 0.15) is 0 Å². The first-order valence-electron chi connectivity index (χ1n) is 8.67. The minimum Gasteiger partial charge on any atom is -0.366 e. The van der Waals surface area contributed by atoms with Crippen LogP contribution in [0.25, 0.3) is 11.1 Å². The Bertz CT molecular complexity index is 714. The molecular weight excluding hydrogens is 364 g/mol. The molecule has 0 saturated carbocycles. The van der Waals surface area contributed by atoms with Crippen LogP contribution in [0.2, 0.25) is 0 Å². The van der Waals surface area contributed by atoms with E-state index in [1.165, 1.54) is 18.5 Å². The highest BCUT2D eigenvalue weighted by atomic mass is 79.9. The number of benzene rings is 1. The summed E-state index contributed by atoms with van der Waals surface area (Å²) in [4.78, 5) is 12.2. The van der Waals surface area contributed by atoms with Crippen molar-refractivity contribution in [2.75, 3.05) is 0 Å². The number of carbonyl (C=O) groups is 1. The molecule has 130 valence electrons. The highest BCUT2D eigenvalue weighted by molar-refractivity contribution is 9.10. The first-order valence-corrected chi connectivity index (χ1v) is 9.47. The summed E-state index contributed by atoms with van der Waals surface area (Å²) in [5.41, 5.74) is 10.7. The molecule has 2 N–H and O–H groups in total. The number of amides is 1. The van der Waals surface area contributed by atoms with Crippen LogP contribution < -0.4 is 5.73 Å². The van der Waals surface area contributed by atoms with Gasteiger partial charge in [-0.1, -0.05) is 47.8 Å². The fourth-order valence-electron chi connectivity index (χ4n) is 3.48. The molecule has 2 rings (SSSR count). The third kappa shape index (κ3) is 3.75. The predicted molar refractivity (Wildman–Crippen MR) is 104 cm³/mol. The van der Waals surface area contributed by atoms with Crippen molar-refractivity contribution in [1.29, 1.82) is 0 Å². The van der Waals surface area contributed by atoms with E-state index in [9.17, 15) is 4.79 Å². The van der Waals surface area contributed by atoms with Crippen LogP contribution in [0.4, 0.5) is 0 Å². The molecule has 3 nitrogen and oxygen atoms in total. The van der Waals surface area contributed by atoms with Gasteiger partial charge in [-0.05, 0) is 51.3 Å². The van der Waals surface area contributed by atoms with Crippen LogP contribution in [0.3, 0.4) is 0 Å². The van der Waals surface area contributed by atoms with Crippen molar-refractivity contribution < 1.29 is 4.79 Å². The van der Waals surface area contributed by atoms with Crippen molar-refractivity contribution in [2.45, 2.75) is 59.4 Å². The van der Waals surface area contributed by atoms with E-state index in [0.717, 1.165) is 34.1 Å². The van der Waals surface area contributed by atoms with Crippen molar-refractivity contribution in [3.63, 3.8) is 0 Å². The molecule has 0 aliphatic carbocycles. The van der Waals surface area contributed by atoms with Crippen molar-refractivity contribution in [2.24, 2.45) is 5.73 Å². The summed E-state index contributed by atoms with van der Waals surface area (Å²) in [5.74, 6) is -0.346. The summed E-state index contributed by atoms with van der Waals surface area (Å²) in [6.45, 7) is 8.53. The number of aromatic nitrogens is 1. The molecule has 0 atom stereocenters. The van der Waals surface area contributed by atoms with Crippen LogP contribution in [0.15, 0.2) is 28.7 Å². The molecule has 1 heterocycles. The van der Waals surface area contributed by atoms with E-state index in [0.29, 0.717) is 11.6 Å². The summed E-state index contributed by atoms with van der Waals surface area (Å²) in [6, 6.07) is 8.43. The number of rotatable bonds is 7. The molecule has 24 heavy (non-hydrogen) atoms. The van der Waals surface area contributed by atoms with E-state index in [1.807, 2.05) is 19.1 Å². The van der Waals surface area contributed by atoms with Crippen molar-refractivity contribution >= 4 is 21.8 Å². The molecule has 1 aromatic heterocycles. The SMILES string of the molecule is CCCCCc1c(-c2ccc(Br)cc2)c(C(N)=O)c(C)n1C(C)C. The largest absolute Gasteiger partial charge is 0.366 e. The van der Waals surface area contributed by atoms with Gasteiger partial charge in [-0.3, -0.25) is 4.79 Å². The van der Waals surface area contributed by atoms with Gasteiger partial charge in [-0.15, -0.1) is 0 Å². The molecule has 1 aromatic carbocycles. The van der Waals surface area contributed by atoms with Crippen molar-refractivity contribution in [1.82, 2.24) is 4.57 Å². The lowest BCUT2D eigenvalue weighted by molar-refractivity contribution is 0.1000. The summed E-state index contributed by atoms with van der Waals surface area (Å²) in [7, 11) is 0. The summed E-state index contributed by atoms with van der Waals surface area (Å²) in [5, 5.41) is 0. The maximum atomic E-state index is 12.2. The molecule has 1 amide bonds. The van der Waals surface area contributed by atoms with Crippen LogP contribution in [-0.2, 0) is 6.42 Å². The van der Waals surface area contributed by atoms with Gasteiger partial charge in [0.15, 0.2) is 0 Å². The number of carbonyl (C=O) groups excluding carboxylic acids is 1. The zero-order valence-corrected chi connectivity index (χ0v) is 16.6. The van der Waals surface area contributed by atoms with E-state index in [1.54, 1.807) is 0 Å². The normalized spacial score (nSPS) is 11.2. The van der Waals surface area contributed by atoms with Crippen LogP contribution in [-0.4, -0.2) is 10.5 Å². The van der Waals surface area contributed by atoms with Crippen molar-refractivity contribution in [3.8, 4) is 11.1 Å². The third-order valence-corrected chi connectivity index (χ3v) is 4.99. The molecular formula is C20H27BrN2O. The van der Waals surface area contributed by atoms with E-state index >= 15 is 0 Å². The van der Waals surface area contributed by atoms with Gasteiger partial charge < -0.3 is 10.3 Å². The summed E-state index contributed by atoms with van der Waals surface area (Å²) in [6.07, 6.45) is 4.45. The quantitative estimate of drug-likeness (QED) is 0.610. The van der Waals surface area contributed by atoms with Gasteiger partial charge in [0.2, 0.25) is 0 Å². The van der Waals surface area contributed by atoms with E-state index < -0.39 is 0 Å². The van der Waals surface area contributed by atoms with Gasteiger partial charge in [-0.25, -0.2) is 0 Å². The highest BCUT2D eigenvalue weighted by Crippen LogP contribution is 2.36. The number of hydrogen-bond acceptors (Lipinski definition) is 1. The van der Waals surface area contributed by atoms with E-state index in [4.69, 9.17) is 5.73 Å². The molecule has 0 aliphatic rings. The Morgan fingerprint density at radius 1 is 1.21 bits per heavy atom. The maximum Gasteiger partial charge on any atom is 0.251 e. The number of primary amides is 1. The first-order chi connectivity index (χ1) is 11.4. The average molecular weight is 391 g/mol. The fourth-order valence-corrected chi connectivity index (χ4v) is 3.75. The molecule has 0 fully saturated rings. The van der Waals surface area contributed by atoms with Gasteiger partial charge in [0, 0.05) is 27.5 Å². The minimum absolute atomic E-state index is 0.295. The Morgan fingerprint density at radius 3 is 2.33 bits per heavy atom. The predicted octanol–water partition coefficient (Wildman–Crippen LogP) is 5.64. The smallest absolute Gasteiger partial charge is 0.251 e. The number of nitrogens with two attached hydrogens (primary N) is 1. The Hall–Kier alpha value is -1.55. The molecule has 0 saturated heterocycles. The van der Waals surface area contributed by atoms with Gasteiger partial charge >= 0.3 is 0 Å². The maximum absolute atomic E-state index is 12.2. The molecule has 0 aliphatic heterocycles. The fraction of sp³-hybridized carbons (Fsp3) is 0.450. The van der Waals surface area contributed by atoms with Crippen LogP contribution in [0.1, 0.15) is 67.8 Å². The lowest BCUT2D eigenvalue weighted by atomic mass is 9.97. The third-order valence-electron chi connectivity index (χ3n) is 4.47. The van der Waals surface area contributed by atoms with Crippen LogP contribution in [0, 0.1) is 6.92 Å². The number of nitrogens with zero attached hydrogens (tertiary/aromatic N) is 1. The Labute approximate surface area is 153 Å². The highest BCUT2D eigenvalue weighted by Gasteiger charge is 2.25. The van der Waals surface area contributed by atoms with Gasteiger partial charge in [0.05, 0.1) is 5.56 Å². The zero-order valence-electron chi connectivity index (χ0n) is 15.0. The second kappa shape index (κ2) is 8.02. The molecule has 0 bridgehead atoms. The average Bonchev–Trinajstić information content (AvgIpc) is 2.81. The molecule has 0 unspecified atom stereocenters. The Morgan fingerprint density at radius 2 is 1.83 bits per heavy atom. The number of unbranched alkanes of at least 4 members (excludes halogenated alkanes) is 2. The summed E-state index contributed by atoms with van der Waals surface area (Å²) < 4.78 is 3.31. The van der Waals surface area contributed by atoms with E-state index in [-0.39, 0.29) is 5.91 Å². The minimum atomic E-state index is -0.346. The Kier molecular flexibility index (Phi) is 6.27. The Balaban J connectivity index is 2.69. The van der Waals surface area contributed by atoms with Crippen LogP contribution >= 0.6 is 15.9 Å². The number of hydrogen-bond donors (Lipinski definition) is 1.